The Bertz CT molecular complexity index is 699. The van der Waals surface area contributed by atoms with Crippen molar-refractivity contribution in [1.29, 1.82) is 0 Å². The van der Waals surface area contributed by atoms with Gasteiger partial charge in [-0.15, -0.1) is 0 Å². The Labute approximate surface area is 137 Å². The molecule has 0 aliphatic carbocycles. The van der Waals surface area contributed by atoms with Crippen LogP contribution in [0, 0.1) is 0 Å². The molecule has 0 fully saturated rings. The van der Waals surface area contributed by atoms with Gasteiger partial charge in [0.1, 0.15) is 0 Å². The fourth-order valence-electron chi connectivity index (χ4n) is 1.80. The van der Waals surface area contributed by atoms with Crippen LogP contribution in [0.1, 0.15) is 6.92 Å². The Hall–Kier alpha value is -2.24. The first-order valence-corrected chi connectivity index (χ1v) is 7.10. The highest BCUT2D eigenvalue weighted by Gasteiger charge is 2.05. The number of benzene rings is 2. The highest BCUT2D eigenvalue weighted by Crippen LogP contribution is 2.22. The summed E-state index contributed by atoms with van der Waals surface area (Å²) in [5.41, 5.74) is 1.61. The van der Waals surface area contributed by atoms with E-state index in [4.69, 9.17) is 23.2 Å². The van der Waals surface area contributed by atoms with Crippen molar-refractivity contribution < 1.29 is 9.59 Å². The molecule has 0 atom stereocenters. The molecule has 3 amide bonds. The number of hydrogen-bond acceptors (Lipinski definition) is 2. The van der Waals surface area contributed by atoms with Crippen LogP contribution in [0.3, 0.4) is 0 Å². The third kappa shape index (κ3) is 4.95. The molecule has 0 aliphatic heterocycles. The molecular weight excluding hydrogens is 325 g/mol. The largest absolute Gasteiger partial charge is 0.326 e. The average molecular weight is 338 g/mol. The van der Waals surface area contributed by atoms with Crippen molar-refractivity contribution in [2.75, 3.05) is 16.0 Å². The van der Waals surface area contributed by atoms with Crippen LogP contribution in [-0.2, 0) is 4.79 Å². The van der Waals surface area contributed by atoms with Crippen molar-refractivity contribution >= 4 is 52.2 Å². The molecule has 0 unspecified atom stereocenters. The van der Waals surface area contributed by atoms with Crippen molar-refractivity contribution in [1.82, 2.24) is 0 Å². The number of hydrogen-bond donors (Lipinski definition) is 3. The van der Waals surface area contributed by atoms with Crippen molar-refractivity contribution in [2.45, 2.75) is 6.92 Å². The highest BCUT2D eigenvalue weighted by atomic mass is 35.5. The molecule has 0 aliphatic rings. The lowest BCUT2D eigenvalue weighted by atomic mass is 10.2. The molecule has 0 saturated carbocycles. The van der Waals surface area contributed by atoms with E-state index in [9.17, 15) is 9.59 Å². The molecule has 0 heterocycles. The summed E-state index contributed by atoms with van der Waals surface area (Å²) in [7, 11) is 0. The van der Waals surface area contributed by atoms with E-state index in [1.165, 1.54) is 6.92 Å². The lowest BCUT2D eigenvalue weighted by molar-refractivity contribution is -0.114. The van der Waals surface area contributed by atoms with E-state index in [1.54, 1.807) is 42.5 Å². The van der Waals surface area contributed by atoms with Crippen LogP contribution in [-0.4, -0.2) is 11.9 Å². The summed E-state index contributed by atoms with van der Waals surface area (Å²) in [4.78, 5) is 23.0. The van der Waals surface area contributed by atoms with E-state index in [-0.39, 0.29) is 5.91 Å². The number of halogens is 2. The van der Waals surface area contributed by atoms with Gasteiger partial charge >= 0.3 is 6.03 Å². The minimum absolute atomic E-state index is 0.185. The van der Waals surface area contributed by atoms with Gasteiger partial charge in [-0.3, -0.25) is 4.79 Å². The first-order valence-electron chi connectivity index (χ1n) is 6.34. The van der Waals surface area contributed by atoms with Gasteiger partial charge in [-0.2, -0.15) is 0 Å². The molecule has 22 heavy (non-hydrogen) atoms. The molecule has 2 aromatic carbocycles. The van der Waals surface area contributed by atoms with E-state index < -0.39 is 6.03 Å². The third-order valence-corrected chi connectivity index (χ3v) is 3.00. The van der Waals surface area contributed by atoms with Gasteiger partial charge in [0.15, 0.2) is 0 Å². The number of rotatable bonds is 3. The van der Waals surface area contributed by atoms with Crippen molar-refractivity contribution in [3.8, 4) is 0 Å². The predicted octanol–water partition coefficient (Wildman–Crippen LogP) is 4.60. The van der Waals surface area contributed by atoms with Crippen LogP contribution in [0.5, 0.6) is 0 Å². The Morgan fingerprint density at radius 3 is 1.95 bits per heavy atom. The molecule has 2 aromatic rings. The van der Waals surface area contributed by atoms with Crippen LogP contribution >= 0.6 is 23.2 Å². The van der Waals surface area contributed by atoms with Crippen LogP contribution in [0.25, 0.3) is 0 Å². The summed E-state index contributed by atoms with van der Waals surface area (Å²) in [6.45, 7) is 1.41. The zero-order chi connectivity index (χ0) is 16.1. The zero-order valence-electron chi connectivity index (χ0n) is 11.6. The molecule has 0 saturated heterocycles. The van der Waals surface area contributed by atoms with E-state index in [0.717, 1.165) is 0 Å². The van der Waals surface area contributed by atoms with Crippen LogP contribution in [0.2, 0.25) is 10.0 Å². The van der Waals surface area contributed by atoms with E-state index in [0.29, 0.717) is 27.1 Å². The summed E-state index contributed by atoms with van der Waals surface area (Å²) in [6.07, 6.45) is 0. The molecule has 0 spiro atoms. The quantitative estimate of drug-likeness (QED) is 0.766. The maximum Gasteiger partial charge on any atom is 0.323 e. The van der Waals surface area contributed by atoms with Gasteiger partial charge in [0, 0.05) is 34.0 Å². The third-order valence-electron chi connectivity index (χ3n) is 2.56. The lowest BCUT2D eigenvalue weighted by Crippen LogP contribution is -2.19. The second-order valence-electron chi connectivity index (χ2n) is 4.50. The molecule has 0 radical (unpaired) electrons. The maximum atomic E-state index is 11.9. The van der Waals surface area contributed by atoms with Crippen molar-refractivity contribution in [2.24, 2.45) is 0 Å². The van der Waals surface area contributed by atoms with Gasteiger partial charge in [0.2, 0.25) is 5.91 Å². The Balaban J connectivity index is 2.04. The molecule has 2 rings (SSSR count). The Morgan fingerprint density at radius 1 is 0.818 bits per heavy atom. The molecule has 0 bridgehead atoms. The topological polar surface area (TPSA) is 70.2 Å². The summed E-state index contributed by atoms with van der Waals surface area (Å²) < 4.78 is 0. The van der Waals surface area contributed by atoms with Gasteiger partial charge in [-0.1, -0.05) is 29.3 Å². The van der Waals surface area contributed by atoms with Gasteiger partial charge < -0.3 is 16.0 Å². The summed E-state index contributed by atoms with van der Waals surface area (Å²) >= 11 is 11.7. The monoisotopic (exact) mass is 337 g/mol. The minimum Gasteiger partial charge on any atom is -0.326 e. The first kappa shape index (κ1) is 16.1. The maximum absolute atomic E-state index is 11.9. The van der Waals surface area contributed by atoms with Crippen LogP contribution < -0.4 is 16.0 Å². The average Bonchev–Trinajstić information content (AvgIpc) is 2.36. The number of nitrogens with one attached hydrogen (secondary N) is 3. The van der Waals surface area contributed by atoms with Gasteiger partial charge in [-0.25, -0.2) is 4.79 Å². The molecule has 7 heteroatoms. The SMILES string of the molecule is CC(=O)Nc1cccc(NC(=O)Nc2cc(Cl)cc(Cl)c2)c1. The van der Waals surface area contributed by atoms with Crippen LogP contribution in [0.4, 0.5) is 21.9 Å². The molecule has 0 aromatic heterocycles. The number of carbonyl (C=O) groups is 2. The number of anilines is 3. The summed E-state index contributed by atoms with van der Waals surface area (Å²) in [6, 6.07) is 11.1. The summed E-state index contributed by atoms with van der Waals surface area (Å²) in [5, 5.41) is 8.77. The van der Waals surface area contributed by atoms with Crippen molar-refractivity contribution in [3.63, 3.8) is 0 Å². The fourth-order valence-corrected chi connectivity index (χ4v) is 2.32. The van der Waals surface area contributed by atoms with Crippen molar-refractivity contribution in [3.05, 3.63) is 52.5 Å². The second-order valence-corrected chi connectivity index (χ2v) is 5.37. The van der Waals surface area contributed by atoms with E-state index in [2.05, 4.69) is 16.0 Å². The summed E-state index contributed by atoms with van der Waals surface area (Å²) in [5.74, 6) is -0.185. The highest BCUT2D eigenvalue weighted by molar-refractivity contribution is 6.35. The first-order chi connectivity index (χ1) is 10.4. The number of amides is 3. The zero-order valence-corrected chi connectivity index (χ0v) is 13.1. The normalized spacial score (nSPS) is 9.95. The number of carbonyl (C=O) groups excluding carboxylic acids is 2. The van der Waals surface area contributed by atoms with Crippen LogP contribution in [0.15, 0.2) is 42.5 Å². The molecule has 3 N–H and O–H groups in total. The smallest absolute Gasteiger partial charge is 0.323 e. The Morgan fingerprint density at radius 2 is 1.36 bits per heavy atom. The molecule has 5 nitrogen and oxygen atoms in total. The minimum atomic E-state index is -0.446. The van der Waals surface area contributed by atoms with Gasteiger partial charge in [-0.05, 0) is 36.4 Å². The molecular formula is C15H13Cl2N3O2. The number of urea groups is 1. The van der Waals surface area contributed by atoms with E-state index in [1.807, 2.05) is 0 Å². The van der Waals surface area contributed by atoms with Gasteiger partial charge in [0.05, 0.1) is 0 Å². The standard InChI is InChI=1S/C15H13Cl2N3O2/c1-9(21)18-12-3-2-4-13(8-12)19-15(22)20-14-6-10(16)5-11(17)7-14/h2-8H,1H3,(H,18,21)(H2,19,20,22). The van der Waals surface area contributed by atoms with E-state index >= 15 is 0 Å². The second kappa shape index (κ2) is 7.15. The lowest BCUT2D eigenvalue weighted by Gasteiger charge is -2.10. The van der Waals surface area contributed by atoms with Gasteiger partial charge in [0.25, 0.3) is 0 Å². The molecule has 114 valence electrons. The predicted molar refractivity (Wildman–Crippen MR) is 89.8 cm³/mol. The fraction of sp³-hybridized carbons (Fsp3) is 0.0667. The Kier molecular flexibility index (Phi) is 5.25.